The van der Waals surface area contributed by atoms with Gasteiger partial charge in [0.1, 0.15) is 5.82 Å². The van der Waals surface area contributed by atoms with E-state index in [1.807, 2.05) is 24.3 Å². The molecule has 2 atom stereocenters. The molecule has 2 aromatic rings. The quantitative estimate of drug-likeness (QED) is 0.914. The number of rotatable bonds is 3. The normalized spacial score (nSPS) is 22.5. The lowest BCUT2D eigenvalue weighted by Gasteiger charge is -2.31. The first-order valence-corrected chi connectivity index (χ1v) is 9.01. The highest BCUT2D eigenvalue weighted by Gasteiger charge is 2.57. The zero-order valence-corrected chi connectivity index (χ0v) is 14.5. The number of carbonyl (C=O) groups is 2. The monoisotopic (exact) mass is 356 g/mol. The van der Waals surface area contributed by atoms with E-state index < -0.39 is 10.9 Å². The maximum atomic E-state index is 14.0. The maximum Gasteiger partial charge on any atom is 0.257 e. The second kappa shape index (κ2) is 5.88. The van der Waals surface area contributed by atoms with Crippen LogP contribution in [0.15, 0.2) is 53.4 Å². The Labute approximate surface area is 149 Å². The Balaban J connectivity index is 1.64. The van der Waals surface area contributed by atoms with Gasteiger partial charge in [0, 0.05) is 16.9 Å². The summed E-state index contributed by atoms with van der Waals surface area (Å²) in [5.41, 5.74) is 1.22. The number of halogens is 1. The van der Waals surface area contributed by atoms with E-state index in [9.17, 15) is 14.0 Å². The minimum Gasteiger partial charge on any atom is -0.347 e. The molecule has 1 fully saturated rings. The van der Waals surface area contributed by atoms with Gasteiger partial charge in [-0.2, -0.15) is 0 Å². The summed E-state index contributed by atoms with van der Waals surface area (Å²) < 4.78 is 14.0. The Morgan fingerprint density at radius 3 is 2.76 bits per heavy atom. The largest absolute Gasteiger partial charge is 0.347 e. The van der Waals surface area contributed by atoms with Gasteiger partial charge in [-0.15, -0.1) is 0 Å². The standard InChI is InChI=1S/C19H17FN2O2S/c1-12(13-6-2-3-7-14(13)20)21-18(24)19-11-10-17(23)22(19)15-8-4-5-9-16(15)25-19/h2-9,12H,10-11H2,1H3,(H,21,24)/t12-,19+/m1/s1. The summed E-state index contributed by atoms with van der Waals surface area (Å²) in [6.07, 6.45) is 0.782. The van der Waals surface area contributed by atoms with Gasteiger partial charge in [-0.25, -0.2) is 4.39 Å². The van der Waals surface area contributed by atoms with E-state index >= 15 is 0 Å². The molecular weight excluding hydrogens is 339 g/mol. The molecule has 25 heavy (non-hydrogen) atoms. The molecule has 0 saturated carbocycles. The van der Waals surface area contributed by atoms with Crippen molar-refractivity contribution in [2.45, 2.75) is 35.6 Å². The molecule has 2 amide bonds. The number of nitrogens with one attached hydrogen (secondary N) is 1. The summed E-state index contributed by atoms with van der Waals surface area (Å²) in [5.74, 6) is -0.657. The van der Waals surface area contributed by atoms with E-state index in [4.69, 9.17) is 0 Å². The minimum atomic E-state index is -0.972. The molecule has 128 valence electrons. The molecule has 0 bridgehead atoms. The lowest BCUT2D eigenvalue weighted by molar-refractivity contribution is -0.125. The predicted molar refractivity (Wildman–Crippen MR) is 94.7 cm³/mol. The van der Waals surface area contributed by atoms with Crippen molar-refractivity contribution in [3.05, 3.63) is 59.9 Å². The van der Waals surface area contributed by atoms with E-state index in [2.05, 4.69) is 5.32 Å². The molecule has 2 aromatic carbocycles. The summed E-state index contributed by atoms with van der Waals surface area (Å²) in [7, 11) is 0. The van der Waals surface area contributed by atoms with Gasteiger partial charge in [0.05, 0.1) is 11.7 Å². The zero-order chi connectivity index (χ0) is 17.6. The van der Waals surface area contributed by atoms with Crippen molar-refractivity contribution in [2.24, 2.45) is 0 Å². The molecule has 2 heterocycles. The molecule has 6 heteroatoms. The van der Waals surface area contributed by atoms with Gasteiger partial charge in [-0.1, -0.05) is 42.1 Å². The second-order valence-electron chi connectivity index (χ2n) is 6.30. The summed E-state index contributed by atoms with van der Waals surface area (Å²) in [6, 6.07) is 13.4. The van der Waals surface area contributed by atoms with Gasteiger partial charge in [0.25, 0.3) is 5.91 Å². The van der Waals surface area contributed by atoms with Crippen LogP contribution in [-0.4, -0.2) is 16.7 Å². The first kappa shape index (κ1) is 16.1. The number of anilines is 1. The van der Waals surface area contributed by atoms with Crippen molar-refractivity contribution in [1.82, 2.24) is 5.32 Å². The second-order valence-corrected chi connectivity index (χ2v) is 7.62. The molecule has 0 radical (unpaired) electrons. The number of amides is 2. The summed E-state index contributed by atoms with van der Waals surface area (Å²) in [5, 5.41) is 2.90. The molecule has 1 saturated heterocycles. The fraction of sp³-hybridized carbons (Fsp3) is 0.263. The molecule has 0 aromatic heterocycles. The number of hydrogen-bond donors (Lipinski definition) is 1. The van der Waals surface area contributed by atoms with E-state index in [-0.39, 0.29) is 17.6 Å². The number of para-hydroxylation sites is 1. The van der Waals surface area contributed by atoms with E-state index in [0.717, 1.165) is 10.6 Å². The highest BCUT2D eigenvalue weighted by atomic mass is 32.2. The third-order valence-electron chi connectivity index (χ3n) is 4.75. The maximum absolute atomic E-state index is 14.0. The zero-order valence-electron chi connectivity index (χ0n) is 13.7. The average molecular weight is 356 g/mol. The van der Waals surface area contributed by atoms with Gasteiger partial charge in [-0.3, -0.25) is 14.5 Å². The van der Waals surface area contributed by atoms with E-state index in [1.165, 1.54) is 17.8 Å². The van der Waals surface area contributed by atoms with Crippen molar-refractivity contribution in [3.8, 4) is 0 Å². The van der Waals surface area contributed by atoms with Gasteiger partial charge in [-0.05, 0) is 31.5 Å². The molecule has 0 aliphatic carbocycles. The minimum absolute atomic E-state index is 0.0499. The number of hydrogen-bond acceptors (Lipinski definition) is 3. The number of carbonyl (C=O) groups excluding carboxylic acids is 2. The molecular formula is C19H17FN2O2S. The summed E-state index contributed by atoms with van der Waals surface area (Å²) in [4.78, 5) is 27.1. The van der Waals surface area contributed by atoms with Crippen molar-refractivity contribution in [2.75, 3.05) is 4.90 Å². The first-order chi connectivity index (χ1) is 12.0. The summed E-state index contributed by atoms with van der Waals surface area (Å²) in [6.45, 7) is 1.75. The van der Waals surface area contributed by atoms with Crippen LogP contribution in [-0.2, 0) is 9.59 Å². The van der Waals surface area contributed by atoms with Gasteiger partial charge in [0.2, 0.25) is 5.91 Å². The Morgan fingerprint density at radius 2 is 1.96 bits per heavy atom. The van der Waals surface area contributed by atoms with Crippen LogP contribution < -0.4 is 10.2 Å². The van der Waals surface area contributed by atoms with Crippen molar-refractivity contribution < 1.29 is 14.0 Å². The fourth-order valence-electron chi connectivity index (χ4n) is 3.51. The average Bonchev–Trinajstić information content (AvgIpc) is 3.11. The predicted octanol–water partition coefficient (Wildman–Crippen LogP) is 3.63. The lowest BCUT2D eigenvalue weighted by atomic mass is 10.1. The van der Waals surface area contributed by atoms with Crippen LogP contribution in [0, 0.1) is 5.82 Å². The molecule has 0 unspecified atom stereocenters. The van der Waals surface area contributed by atoms with Crippen molar-refractivity contribution >= 4 is 29.3 Å². The van der Waals surface area contributed by atoms with Crippen LogP contribution in [0.5, 0.6) is 0 Å². The Hall–Kier alpha value is -2.34. The molecule has 2 aliphatic heterocycles. The van der Waals surface area contributed by atoms with Gasteiger partial charge >= 0.3 is 0 Å². The Morgan fingerprint density at radius 1 is 1.24 bits per heavy atom. The Bertz CT molecular complexity index is 872. The van der Waals surface area contributed by atoms with Crippen LogP contribution in [0.3, 0.4) is 0 Å². The highest BCUT2D eigenvalue weighted by molar-refractivity contribution is 8.02. The number of thioether (sulfide) groups is 1. The van der Waals surface area contributed by atoms with Crippen LogP contribution in [0.25, 0.3) is 0 Å². The van der Waals surface area contributed by atoms with Crippen LogP contribution in [0.2, 0.25) is 0 Å². The molecule has 4 nitrogen and oxygen atoms in total. The van der Waals surface area contributed by atoms with Crippen LogP contribution in [0.4, 0.5) is 10.1 Å². The summed E-state index contributed by atoms with van der Waals surface area (Å²) >= 11 is 1.41. The van der Waals surface area contributed by atoms with Crippen molar-refractivity contribution in [3.63, 3.8) is 0 Å². The molecule has 4 rings (SSSR count). The van der Waals surface area contributed by atoms with E-state index in [1.54, 1.807) is 30.0 Å². The SMILES string of the molecule is C[C@@H](NC(=O)[C@@]12CCC(=O)N1c1ccccc1S2)c1ccccc1F. The number of fused-ring (bicyclic) bond motifs is 3. The third-order valence-corrected chi connectivity index (χ3v) is 6.22. The molecule has 0 spiro atoms. The first-order valence-electron chi connectivity index (χ1n) is 8.19. The number of benzene rings is 2. The van der Waals surface area contributed by atoms with Crippen LogP contribution >= 0.6 is 11.8 Å². The lowest BCUT2D eigenvalue weighted by Crippen LogP contribution is -2.52. The van der Waals surface area contributed by atoms with Crippen LogP contribution in [0.1, 0.15) is 31.4 Å². The molecule has 2 aliphatic rings. The number of nitrogens with zero attached hydrogens (tertiary/aromatic N) is 1. The van der Waals surface area contributed by atoms with E-state index in [0.29, 0.717) is 18.4 Å². The van der Waals surface area contributed by atoms with Gasteiger partial charge < -0.3 is 5.32 Å². The van der Waals surface area contributed by atoms with Gasteiger partial charge in [0.15, 0.2) is 4.87 Å². The fourth-order valence-corrected chi connectivity index (χ4v) is 4.93. The van der Waals surface area contributed by atoms with Crippen molar-refractivity contribution in [1.29, 1.82) is 0 Å². The topological polar surface area (TPSA) is 49.4 Å². The highest BCUT2D eigenvalue weighted by Crippen LogP contribution is 2.55. The third kappa shape index (κ3) is 2.43. The Kier molecular flexibility index (Phi) is 3.80. The molecule has 1 N–H and O–H groups in total. The smallest absolute Gasteiger partial charge is 0.257 e.